The van der Waals surface area contributed by atoms with E-state index in [1.54, 1.807) is 45.0 Å². The lowest BCUT2D eigenvalue weighted by molar-refractivity contribution is -0.134. The molecule has 0 spiro atoms. The monoisotopic (exact) mass is 698 g/mol. The number of ketones is 1. The van der Waals surface area contributed by atoms with Crippen molar-refractivity contribution in [2.24, 2.45) is 0 Å². The zero-order valence-electron chi connectivity index (χ0n) is 28.5. The van der Waals surface area contributed by atoms with Crippen molar-refractivity contribution in [2.75, 3.05) is 48.0 Å². The van der Waals surface area contributed by atoms with Crippen molar-refractivity contribution >= 4 is 23.8 Å². The molecule has 2 atom stereocenters. The topological polar surface area (TPSA) is 157 Å². The first kappa shape index (κ1) is 37.6. The van der Waals surface area contributed by atoms with Crippen molar-refractivity contribution < 1.29 is 61.6 Å². The fourth-order valence-electron chi connectivity index (χ4n) is 4.79. The van der Waals surface area contributed by atoms with E-state index in [9.17, 15) is 19.2 Å². The van der Waals surface area contributed by atoms with Crippen molar-refractivity contribution in [3.63, 3.8) is 0 Å². The van der Waals surface area contributed by atoms with E-state index in [0.29, 0.717) is 11.3 Å². The van der Waals surface area contributed by atoms with Crippen LogP contribution in [0.3, 0.4) is 0 Å². The minimum atomic E-state index is -0.968. The first-order valence-corrected chi connectivity index (χ1v) is 15.4. The largest absolute Gasteiger partial charge is 0.528 e. The number of carbonyl (C=O) groups is 4. The summed E-state index contributed by atoms with van der Waals surface area (Å²) in [6.07, 6.45) is -1.93. The number of esters is 1. The van der Waals surface area contributed by atoms with Crippen molar-refractivity contribution in [1.29, 1.82) is 0 Å². The number of nitrogens with zero attached hydrogens (tertiary/aromatic N) is 1. The molecule has 268 valence electrons. The quantitative estimate of drug-likeness (QED) is 0.142. The summed E-state index contributed by atoms with van der Waals surface area (Å²) >= 11 is 0. The Balaban J connectivity index is 1.50. The molecule has 1 fully saturated rings. The second-order valence-corrected chi connectivity index (χ2v) is 11.9. The zero-order valence-corrected chi connectivity index (χ0v) is 28.5. The molecular weight excluding hydrogens is 659 g/mol. The molecule has 0 saturated carbocycles. The van der Waals surface area contributed by atoms with E-state index in [0.717, 1.165) is 0 Å². The van der Waals surface area contributed by atoms with Crippen LogP contribution in [-0.4, -0.2) is 94.6 Å². The molecule has 50 heavy (non-hydrogen) atoms. The molecule has 3 aromatic rings. The van der Waals surface area contributed by atoms with E-state index in [2.05, 4.69) is 5.32 Å². The molecule has 4 rings (SSSR count). The minimum Gasteiger partial charge on any atom is -0.494 e. The zero-order chi connectivity index (χ0) is 36.4. The van der Waals surface area contributed by atoms with Crippen LogP contribution in [0.5, 0.6) is 17.2 Å². The molecule has 1 aliphatic heterocycles. The lowest BCUT2D eigenvalue weighted by Crippen LogP contribution is -2.44. The fourth-order valence-corrected chi connectivity index (χ4v) is 4.79. The number of ether oxygens (including phenoxy) is 7. The van der Waals surface area contributed by atoms with Crippen LogP contribution in [0.25, 0.3) is 0 Å². The predicted octanol–water partition coefficient (Wildman–Crippen LogP) is 4.54. The normalized spacial score (nSPS) is 15.9. The van der Waals surface area contributed by atoms with Crippen LogP contribution < -0.4 is 19.5 Å². The van der Waals surface area contributed by atoms with Gasteiger partial charge in [-0.05, 0) is 69.3 Å². The van der Waals surface area contributed by atoms with Crippen LogP contribution in [-0.2, 0) is 23.8 Å². The third-order valence-electron chi connectivity index (χ3n) is 7.09. The summed E-state index contributed by atoms with van der Waals surface area (Å²) in [6.45, 7) is 4.74. The molecule has 0 bridgehead atoms. The second kappa shape index (κ2) is 16.9. The Morgan fingerprint density at radius 1 is 0.800 bits per heavy atom. The maximum atomic E-state index is 15.2. The third-order valence-corrected chi connectivity index (χ3v) is 7.09. The molecule has 1 saturated heterocycles. The van der Waals surface area contributed by atoms with Gasteiger partial charge < -0.3 is 43.3 Å². The molecule has 1 aliphatic rings. The van der Waals surface area contributed by atoms with Gasteiger partial charge in [-0.15, -0.1) is 5.06 Å². The summed E-state index contributed by atoms with van der Waals surface area (Å²) in [6, 6.07) is 13.6. The van der Waals surface area contributed by atoms with Gasteiger partial charge in [0.25, 0.3) is 5.91 Å². The van der Waals surface area contributed by atoms with Crippen LogP contribution >= 0.6 is 0 Å². The van der Waals surface area contributed by atoms with Gasteiger partial charge >= 0.3 is 12.1 Å². The number of amides is 1. The molecule has 1 heterocycles. The Morgan fingerprint density at radius 2 is 1.40 bits per heavy atom. The number of hydrogen-bond acceptors (Lipinski definition) is 13. The lowest BCUT2D eigenvalue weighted by atomic mass is 10.00. The van der Waals surface area contributed by atoms with Gasteiger partial charge in [0.15, 0.2) is 30.9 Å². The van der Waals surface area contributed by atoms with Crippen LogP contribution in [0.15, 0.2) is 60.7 Å². The van der Waals surface area contributed by atoms with E-state index in [1.807, 2.05) is 0 Å². The average molecular weight is 699 g/mol. The number of methoxy groups -OCH3 is 3. The van der Waals surface area contributed by atoms with Gasteiger partial charge in [0, 0.05) is 25.3 Å². The van der Waals surface area contributed by atoms with E-state index in [1.165, 1.54) is 62.8 Å². The third kappa shape index (κ3) is 9.90. The fraction of sp³-hybridized carbons (Fsp3) is 0.371. The summed E-state index contributed by atoms with van der Waals surface area (Å²) in [5.74, 6) is -2.62. The predicted molar refractivity (Wildman–Crippen MR) is 174 cm³/mol. The molecule has 0 radical (unpaired) electrons. The van der Waals surface area contributed by atoms with Gasteiger partial charge in [-0.1, -0.05) is 12.1 Å². The Labute approximate surface area is 288 Å². The van der Waals surface area contributed by atoms with Gasteiger partial charge in [-0.25, -0.2) is 14.0 Å². The van der Waals surface area contributed by atoms with Crippen LogP contribution in [0.4, 0.5) is 9.18 Å². The molecule has 1 amide bonds. The summed E-state index contributed by atoms with van der Waals surface area (Å²) in [5, 5.41) is 4.05. The average Bonchev–Trinajstić information content (AvgIpc) is 3.44. The first-order valence-electron chi connectivity index (χ1n) is 15.4. The van der Waals surface area contributed by atoms with Crippen LogP contribution in [0, 0.1) is 5.82 Å². The van der Waals surface area contributed by atoms with E-state index in [4.69, 9.17) is 38.0 Å². The van der Waals surface area contributed by atoms with Gasteiger partial charge in [-0.3, -0.25) is 9.59 Å². The van der Waals surface area contributed by atoms with Crippen LogP contribution in [0.1, 0.15) is 57.4 Å². The molecular formula is C35H39FN2O12. The van der Waals surface area contributed by atoms with E-state index < -0.39 is 47.4 Å². The Hall–Kier alpha value is -5.25. The highest BCUT2D eigenvalue weighted by atomic mass is 19.1. The van der Waals surface area contributed by atoms with E-state index in [-0.39, 0.29) is 54.9 Å². The minimum absolute atomic E-state index is 0.0228. The smallest absolute Gasteiger partial charge is 0.494 e. The molecule has 15 heteroatoms. The van der Waals surface area contributed by atoms with Crippen molar-refractivity contribution in [1.82, 2.24) is 10.4 Å². The van der Waals surface area contributed by atoms with Gasteiger partial charge in [0.05, 0.1) is 31.8 Å². The number of carbonyl (C=O) groups excluding carboxylic acids is 4. The SMILES string of the molecule is COCOc1ccc(C(=O)NC2CN(OC(=O)OC(C)(C)C)CC2OC(=O)c2ccc(C(=O)c3c(OCOC)ccc(OC)c3F)cc2)cc1. The second-order valence-electron chi connectivity index (χ2n) is 11.9. The summed E-state index contributed by atoms with van der Waals surface area (Å²) in [4.78, 5) is 57.5. The molecule has 0 aromatic heterocycles. The summed E-state index contributed by atoms with van der Waals surface area (Å²) < 4.78 is 51.7. The number of benzene rings is 3. The van der Waals surface area contributed by atoms with E-state index >= 15 is 4.39 Å². The summed E-state index contributed by atoms with van der Waals surface area (Å²) in [7, 11) is 4.13. The van der Waals surface area contributed by atoms with Crippen LogP contribution in [0.2, 0.25) is 0 Å². The van der Waals surface area contributed by atoms with Crippen molar-refractivity contribution in [2.45, 2.75) is 38.5 Å². The highest BCUT2D eigenvalue weighted by Gasteiger charge is 2.40. The van der Waals surface area contributed by atoms with Crippen molar-refractivity contribution in [3.8, 4) is 17.2 Å². The molecule has 0 aliphatic carbocycles. The molecule has 3 aromatic carbocycles. The number of nitrogens with one attached hydrogen (secondary N) is 1. The highest BCUT2D eigenvalue weighted by Crippen LogP contribution is 2.31. The number of rotatable bonds is 14. The highest BCUT2D eigenvalue weighted by molar-refractivity contribution is 6.11. The standard InChI is InChI=1S/C35H39FN2O12/c1-35(2,3)49-34(42)50-38-17-25(37-32(40)22-11-13-24(14-12-22)46-19-43-4)28(18-38)48-33(41)23-9-7-21(8-10-23)31(39)29-26(47-20-44-5)15-16-27(45-6)30(29)36/h7-16,25,28H,17-20H2,1-6H3,(H,37,40). The lowest BCUT2D eigenvalue weighted by Gasteiger charge is -2.21. The van der Waals surface area contributed by atoms with Gasteiger partial charge in [-0.2, -0.15) is 0 Å². The summed E-state index contributed by atoms with van der Waals surface area (Å²) in [5.41, 5.74) is -0.775. The van der Waals surface area contributed by atoms with Crippen molar-refractivity contribution in [3.05, 3.63) is 88.7 Å². The maximum Gasteiger partial charge on any atom is 0.528 e. The molecule has 2 unspecified atom stereocenters. The van der Waals surface area contributed by atoms with Gasteiger partial charge in [0.2, 0.25) is 0 Å². The van der Waals surface area contributed by atoms with Gasteiger partial charge in [0.1, 0.15) is 28.8 Å². The number of hydrogen-bond donors (Lipinski definition) is 1. The molecule has 1 N–H and O–H groups in total. The Morgan fingerprint density at radius 3 is 2.02 bits per heavy atom. The number of hydroxylamine groups is 2. The first-order chi connectivity index (χ1) is 23.8. The molecule has 14 nitrogen and oxygen atoms in total. The Bertz CT molecular complexity index is 1660. The number of halogens is 1. The maximum absolute atomic E-state index is 15.2. The Kier molecular flexibility index (Phi) is 12.7.